The van der Waals surface area contributed by atoms with Crippen LogP contribution in [0.15, 0.2) is 12.1 Å². The topological polar surface area (TPSA) is 40.5 Å². The van der Waals surface area contributed by atoms with Crippen molar-refractivity contribution in [2.45, 2.75) is 27.2 Å². The molecule has 1 unspecified atom stereocenters. The third-order valence-corrected chi connectivity index (χ3v) is 4.80. The third kappa shape index (κ3) is 3.41. The van der Waals surface area contributed by atoms with Gasteiger partial charge in [0.25, 0.3) is 5.91 Å². The van der Waals surface area contributed by atoms with Crippen LogP contribution < -0.4 is 0 Å². The van der Waals surface area contributed by atoms with Crippen molar-refractivity contribution in [1.29, 1.82) is 0 Å². The van der Waals surface area contributed by atoms with Crippen LogP contribution in [-0.4, -0.2) is 35.6 Å². The Morgan fingerprint density at radius 1 is 1.50 bits per heavy atom. The van der Waals surface area contributed by atoms with Crippen molar-refractivity contribution in [2.75, 3.05) is 19.7 Å². The van der Waals surface area contributed by atoms with Gasteiger partial charge in [-0.15, -0.1) is 11.3 Å². The monoisotopic (exact) mass is 291 g/mol. The fraction of sp³-hybridized carbons (Fsp3) is 0.562. The Balaban J connectivity index is 2.04. The summed E-state index contributed by atoms with van der Waals surface area (Å²) >= 11 is 1.40. The lowest BCUT2D eigenvalue weighted by atomic mass is 9.80. The Morgan fingerprint density at radius 3 is 2.85 bits per heavy atom. The van der Waals surface area contributed by atoms with Crippen LogP contribution in [0.5, 0.6) is 0 Å². The summed E-state index contributed by atoms with van der Waals surface area (Å²) in [5.74, 6) is 6.12. The van der Waals surface area contributed by atoms with Gasteiger partial charge in [-0.1, -0.05) is 32.6 Å². The molecule has 1 aliphatic rings. The van der Waals surface area contributed by atoms with Crippen LogP contribution in [0.4, 0.5) is 0 Å². The van der Waals surface area contributed by atoms with Crippen LogP contribution in [0, 0.1) is 23.2 Å². The van der Waals surface area contributed by atoms with E-state index >= 15 is 0 Å². The van der Waals surface area contributed by atoms with E-state index in [0.29, 0.717) is 5.92 Å². The molecule has 1 atom stereocenters. The standard InChI is InChI=1S/C16H21NO2S/c1-16(2,3)12-8-9-17(11-12)15(19)14-7-6-13(20-14)5-4-10-18/h6-7,12,18H,8-11H2,1-3H3. The second-order valence-corrected chi connectivity index (χ2v) is 7.31. The Hall–Kier alpha value is -1.31. The van der Waals surface area contributed by atoms with Crippen molar-refractivity contribution in [3.63, 3.8) is 0 Å². The first-order valence-corrected chi connectivity index (χ1v) is 7.72. The fourth-order valence-electron chi connectivity index (χ4n) is 2.45. The van der Waals surface area contributed by atoms with Gasteiger partial charge in [-0.25, -0.2) is 0 Å². The minimum atomic E-state index is -0.152. The summed E-state index contributed by atoms with van der Waals surface area (Å²) in [7, 11) is 0. The van der Waals surface area contributed by atoms with Gasteiger partial charge in [0.15, 0.2) is 0 Å². The van der Waals surface area contributed by atoms with E-state index in [1.54, 1.807) is 0 Å². The van der Waals surface area contributed by atoms with Gasteiger partial charge in [-0.05, 0) is 29.9 Å². The molecule has 1 aromatic rings. The second kappa shape index (κ2) is 5.99. The summed E-state index contributed by atoms with van der Waals surface area (Å²) in [5.41, 5.74) is 0.252. The largest absolute Gasteiger partial charge is 0.384 e. The molecule has 1 fully saturated rings. The predicted molar refractivity (Wildman–Crippen MR) is 81.7 cm³/mol. The van der Waals surface area contributed by atoms with Gasteiger partial charge in [0.1, 0.15) is 6.61 Å². The van der Waals surface area contributed by atoms with E-state index in [9.17, 15) is 4.79 Å². The number of aliphatic hydroxyl groups is 1. The summed E-state index contributed by atoms with van der Waals surface area (Å²) in [5, 5.41) is 8.68. The number of hydrogen-bond acceptors (Lipinski definition) is 3. The zero-order valence-electron chi connectivity index (χ0n) is 12.3. The van der Waals surface area contributed by atoms with Gasteiger partial charge in [0.05, 0.1) is 9.75 Å². The molecule has 1 aliphatic heterocycles. The van der Waals surface area contributed by atoms with E-state index in [0.717, 1.165) is 29.3 Å². The molecule has 108 valence electrons. The molecule has 0 radical (unpaired) electrons. The van der Waals surface area contributed by atoms with Crippen molar-refractivity contribution in [3.05, 3.63) is 21.9 Å². The Bertz CT molecular complexity index is 545. The number of nitrogens with zero attached hydrogens (tertiary/aromatic N) is 1. The number of rotatable bonds is 1. The minimum Gasteiger partial charge on any atom is -0.384 e. The van der Waals surface area contributed by atoms with Crippen LogP contribution in [-0.2, 0) is 0 Å². The van der Waals surface area contributed by atoms with Gasteiger partial charge >= 0.3 is 0 Å². The lowest BCUT2D eigenvalue weighted by molar-refractivity contribution is 0.0781. The van der Waals surface area contributed by atoms with E-state index in [4.69, 9.17) is 5.11 Å². The number of hydrogen-bond donors (Lipinski definition) is 1. The average molecular weight is 291 g/mol. The van der Waals surface area contributed by atoms with Crippen molar-refractivity contribution < 1.29 is 9.90 Å². The Morgan fingerprint density at radius 2 is 2.25 bits per heavy atom. The zero-order valence-corrected chi connectivity index (χ0v) is 13.1. The van der Waals surface area contributed by atoms with Gasteiger partial charge in [-0.2, -0.15) is 0 Å². The minimum absolute atomic E-state index is 0.110. The van der Waals surface area contributed by atoms with Gasteiger partial charge < -0.3 is 10.0 Å². The maximum atomic E-state index is 12.4. The fourth-order valence-corrected chi connectivity index (χ4v) is 3.30. The second-order valence-electron chi connectivity index (χ2n) is 6.23. The quantitative estimate of drug-likeness (QED) is 0.808. The molecule has 1 aromatic heterocycles. The van der Waals surface area contributed by atoms with Crippen LogP contribution in [0.1, 0.15) is 41.7 Å². The summed E-state index contributed by atoms with van der Waals surface area (Å²) < 4.78 is 0. The van der Waals surface area contributed by atoms with E-state index in [1.807, 2.05) is 17.0 Å². The zero-order chi connectivity index (χ0) is 14.8. The summed E-state index contributed by atoms with van der Waals surface area (Å²) in [4.78, 5) is 16.0. The highest BCUT2D eigenvalue weighted by Crippen LogP contribution is 2.34. The molecular weight excluding hydrogens is 270 g/mol. The Labute approximate surface area is 124 Å². The van der Waals surface area contributed by atoms with Crippen molar-refractivity contribution in [1.82, 2.24) is 4.90 Å². The summed E-state index contributed by atoms with van der Waals surface area (Å²) in [6.45, 7) is 8.24. The molecule has 4 heteroatoms. The number of carbonyl (C=O) groups is 1. The van der Waals surface area contributed by atoms with Gasteiger partial charge in [0, 0.05) is 13.1 Å². The van der Waals surface area contributed by atoms with Crippen LogP contribution in [0.25, 0.3) is 0 Å². The molecule has 1 N–H and O–H groups in total. The lowest BCUT2D eigenvalue weighted by Gasteiger charge is -2.26. The van der Waals surface area contributed by atoms with E-state index < -0.39 is 0 Å². The van der Waals surface area contributed by atoms with Crippen molar-refractivity contribution in [2.24, 2.45) is 11.3 Å². The third-order valence-electron chi connectivity index (χ3n) is 3.81. The molecule has 0 saturated carbocycles. The van der Waals surface area contributed by atoms with Crippen molar-refractivity contribution in [3.8, 4) is 11.8 Å². The average Bonchev–Trinajstić information content (AvgIpc) is 3.04. The molecule has 0 aliphatic carbocycles. The first-order chi connectivity index (χ1) is 9.41. The highest BCUT2D eigenvalue weighted by molar-refractivity contribution is 7.14. The Kier molecular flexibility index (Phi) is 4.52. The molecule has 0 aromatic carbocycles. The summed E-state index contributed by atoms with van der Waals surface area (Å²) in [6.07, 6.45) is 1.08. The van der Waals surface area contributed by atoms with Gasteiger partial charge in [-0.3, -0.25) is 4.79 Å². The number of carbonyl (C=O) groups excluding carboxylic acids is 1. The van der Waals surface area contributed by atoms with E-state index in [2.05, 4.69) is 32.6 Å². The lowest BCUT2D eigenvalue weighted by Crippen LogP contribution is -2.30. The first kappa shape index (κ1) is 15.1. The van der Waals surface area contributed by atoms with Crippen LogP contribution in [0.3, 0.4) is 0 Å². The van der Waals surface area contributed by atoms with E-state index in [-0.39, 0.29) is 17.9 Å². The van der Waals surface area contributed by atoms with Crippen molar-refractivity contribution >= 4 is 17.2 Å². The summed E-state index contributed by atoms with van der Waals surface area (Å²) in [6, 6.07) is 3.68. The van der Waals surface area contributed by atoms with E-state index in [1.165, 1.54) is 11.3 Å². The molecule has 20 heavy (non-hydrogen) atoms. The number of thiophene rings is 1. The normalized spacial score (nSPS) is 18.8. The molecule has 1 amide bonds. The predicted octanol–water partition coefficient (Wildman–Crippen LogP) is 2.60. The maximum absolute atomic E-state index is 12.4. The molecule has 1 saturated heterocycles. The molecule has 3 nitrogen and oxygen atoms in total. The molecular formula is C16H21NO2S. The molecule has 0 bridgehead atoms. The highest BCUT2D eigenvalue weighted by atomic mass is 32.1. The van der Waals surface area contributed by atoms with Crippen LogP contribution in [0.2, 0.25) is 0 Å². The number of likely N-dealkylation sites (tertiary alicyclic amines) is 1. The molecule has 2 heterocycles. The molecule has 2 rings (SSSR count). The highest BCUT2D eigenvalue weighted by Gasteiger charge is 2.34. The van der Waals surface area contributed by atoms with Gasteiger partial charge in [0.2, 0.25) is 0 Å². The number of amides is 1. The van der Waals surface area contributed by atoms with Crippen LogP contribution >= 0.6 is 11.3 Å². The smallest absolute Gasteiger partial charge is 0.263 e. The maximum Gasteiger partial charge on any atom is 0.263 e. The SMILES string of the molecule is CC(C)(C)C1CCN(C(=O)c2ccc(C#CCO)s2)C1. The first-order valence-electron chi connectivity index (χ1n) is 6.90. The number of aliphatic hydroxyl groups excluding tert-OH is 1. The molecule has 0 spiro atoms.